The molecule has 0 spiro atoms. The predicted molar refractivity (Wildman–Crippen MR) is 81.7 cm³/mol. The monoisotopic (exact) mass is 278 g/mol. The highest BCUT2D eigenvalue weighted by molar-refractivity contribution is 5.77. The Labute approximate surface area is 121 Å². The van der Waals surface area contributed by atoms with Crippen LogP contribution in [0.1, 0.15) is 44.4 Å². The average molecular weight is 278 g/mol. The number of ether oxygens (including phenoxy) is 1. The molecule has 1 atom stereocenters. The number of nitrogens with two attached hydrogens (primary N) is 1. The van der Waals surface area contributed by atoms with Gasteiger partial charge in [-0.25, -0.2) is 0 Å². The first-order valence-corrected chi connectivity index (χ1v) is 7.15. The lowest BCUT2D eigenvalue weighted by atomic mass is 10.1. The van der Waals surface area contributed by atoms with E-state index >= 15 is 0 Å². The number of benzene rings is 1. The zero-order valence-corrected chi connectivity index (χ0v) is 12.9. The largest absolute Gasteiger partial charge is 0.483 e. The van der Waals surface area contributed by atoms with Gasteiger partial charge >= 0.3 is 0 Å². The van der Waals surface area contributed by atoms with Crippen molar-refractivity contribution in [1.82, 2.24) is 5.32 Å². The highest BCUT2D eigenvalue weighted by Gasteiger charge is 2.10. The van der Waals surface area contributed by atoms with Crippen molar-refractivity contribution in [3.63, 3.8) is 0 Å². The zero-order valence-electron chi connectivity index (χ0n) is 12.9. The van der Waals surface area contributed by atoms with Crippen LogP contribution in [0, 0.1) is 12.8 Å². The molecule has 4 nitrogen and oxygen atoms in total. The number of rotatable bonds is 7. The summed E-state index contributed by atoms with van der Waals surface area (Å²) in [5.74, 6) is 1.18. The van der Waals surface area contributed by atoms with Crippen LogP contribution in [0.15, 0.2) is 18.2 Å². The lowest BCUT2D eigenvalue weighted by Crippen LogP contribution is -2.30. The van der Waals surface area contributed by atoms with Gasteiger partial charge in [0.1, 0.15) is 5.75 Å². The molecule has 0 aliphatic carbocycles. The number of nitrogens with one attached hydrogen (secondary N) is 1. The van der Waals surface area contributed by atoms with Crippen LogP contribution in [-0.2, 0) is 4.79 Å². The lowest BCUT2D eigenvalue weighted by molar-refractivity contribution is -0.123. The summed E-state index contributed by atoms with van der Waals surface area (Å²) in [6.45, 7) is 8.87. The second kappa shape index (κ2) is 7.90. The molecule has 0 aromatic heterocycles. The Hall–Kier alpha value is -1.55. The molecule has 0 unspecified atom stereocenters. The standard InChI is InChI=1S/C16H26N2O2/c1-11(2)7-8-18-16(19)10-20-15-9-12(3)5-6-14(15)13(4)17/h5-6,9,11,13H,7-8,10,17H2,1-4H3,(H,18,19)/t13-/m1/s1. The zero-order chi connectivity index (χ0) is 15.1. The Balaban J connectivity index is 2.52. The first-order valence-electron chi connectivity index (χ1n) is 7.15. The smallest absolute Gasteiger partial charge is 0.257 e. The van der Waals surface area contributed by atoms with Crippen LogP contribution < -0.4 is 15.8 Å². The molecule has 1 aromatic carbocycles. The van der Waals surface area contributed by atoms with E-state index in [4.69, 9.17) is 10.5 Å². The van der Waals surface area contributed by atoms with Gasteiger partial charge in [0.2, 0.25) is 0 Å². The molecule has 0 saturated carbocycles. The van der Waals surface area contributed by atoms with Crippen molar-refractivity contribution in [2.75, 3.05) is 13.2 Å². The number of amides is 1. The van der Waals surface area contributed by atoms with Crippen LogP contribution in [0.5, 0.6) is 5.75 Å². The fourth-order valence-electron chi connectivity index (χ4n) is 1.84. The van der Waals surface area contributed by atoms with E-state index < -0.39 is 0 Å². The molecular formula is C16H26N2O2. The molecular weight excluding hydrogens is 252 g/mol. The Bertz CT molecular complexity index is 442. The summed E-state index contributed by atoms with van der Waals surface area (Å²) >= 11 is 0. The first-order chi connectivity index (χ1) is 9.40. The number of hydrogen-bond donors (Lipinski definition) is 2. The maximum Gasteiger partial charge on any atom is 0.257 e. The van der Waals surface area contributed by atoms with Gasteiger partial charge in [0.25, 0.3) is 5.91 Å². The van der Waals surface area contributed by atoms with E-state index in [1.807, 2.05) is 32.0 Å². The minimum Gasteiger partial charge on any atom is -0.483 e. The molecule has 1 rings (SSSR count). The number of aryl methyl sites for hydroxylation is 1. The third kappa shape index (κ3) is 5.61. The SMILES string of the molecule is Cc1ccc([C@@H](C)N)c(OCC(=O)NCCC(C)C)c1. The normalized spacial score (nSPS) is 12.3. The number of carbonyl (C=O) groups excluding carboxylic acids is 1. The molecule has 112 valence electrons. The van der Waals surface area contributed by atoms with Gasteiger partial charge in [-0.3, -0.25) is 4.79 Å². The van der Waals surface area contributed by atoms with Gasteiger partial charge in [-0.2, -0.15) is 0 Å². The van der Waals surface area contributed by atoms with Crippen molar-refractivity contribution >= 4 is 5.91 Å². The Morgan fingerprint density at radius 2 is 2.05 bits per heavy atom. The van der Waals surface area contributed by atoms with E-state index in [1.165, 1.54) is 0 Å². The molecule has 1 aromatic rings. The van der Waals surface area contributed by atoms with Crippen molar-refractivity contribution in [3.8, 4) is 5.75 Å². The highest BCUT2D eigenvalue weighted by atomic mass is 16.5. The van der Waals surface area contributed by atoms with Crippen molar-refractivity contribution in [2.24, 2.45) is 11.7 Å². The minimum atomic E-state index is -0.116. The molecule has 0 heterocycles. The van der Waals surface area contributed by atoms with Gasteiger partial charge in [0.15, 0.2) is 6.61 Å². The summed E-state index contributed by atoms with van der Waals surface area (Å²) in [4.78, 5) is 11.7. The van der Waals surface area contributed by atoms with E-state index in [2.05, 4.69) is 19.2 Å². The van der Waals surface area contributed by atoms with Gasteiger partial charge in [-0.1, -0.05) is 26.0 Å². The van der Waals surface area contributed by atoms with Crippen LogP contribution in [-0.4, -0.2) is 19.1 Å². The van der Waals surface area contributed by atoms with Gasteiger partial charge in [0, 0.05) is 18.2 Å². The number of hydrogen-bond acceptors (Lipinski definition) is 3. The molecule has 1 amide bonds. The first kappa shape index (κ1) is 16.5. The summed E-state index contributed by atoms with van der Waals surface area (Å²) in [6, 6.07) is 5.75. The number of carbonyl (C=O) groups is 1. The Morgan fingerprint density at radius 3 is 2.65 bits per heavy atom. The van der Waals surface area contributed by atoms with E-state index in [1.54, 1.807) is 0 Å². The van der Waals surface area contributed by atoms with Gasteiger partial charge < -0.3 is 15.8 Å². The Morgan fingerprint density at radius 1 is 1.35 bits per heavy atom. The van der Waals surface area contributed by atoms with Crippen LogP contribution in [0.25, 0.3) is 0 Å². The molecule has 0 aliphatic heterocycles. The second-order valence-electron chi connectivity index (χ2n) is 5.65. The average Bonchev–Trinajstić information content (AvgIpc) is 2.35. The van der Waals surface area contributed by atoms with Crippen molar-refractivity contribution in [3.05, 3.63) is 29.3 Å². The van der Waals surface area contributed by atoms with Crippen LogP contribution in [0.2, 0.25) is 0 Å². The van der Waals surface area contributed by atoms with E-state index in [-0.39, 0.29) is 18.6 Å². The van der Waals surface area contributed by atoms with Crippen LogP contribution >= 0.6 is 0 Å². The molecule has 20 heavy (non-hydrogen) atoms. The third-order valence-corrected chi connectivity index (χ3v) is 3.06. The molecule has 0 aliphatic rings. The molecule has 0 bridgehead atoms. The maximum atomic E-state index is 11.7. The summed E-state index contributed by atoms with van der Waals surface area (Å²) in [6.07, 6.45) is 0.973. The topological polar surface area (TPSA) is 64.3 Å². The summed E-state index contributed by atoms with van der Waals surface area (Å²) in [5.41, 5.74) is 7.91. The van der Waals surface area contributed by atoms with Crippen molar-refractivity contribution in [1.29, 1.82) is 0 Å². The van der Waals surface area contributed by atoms with Gasteiger partial charge in [0.05, 0.1) is 0 Å². The summed E-state index contributed by atoms with van der Waals surface area (Å²) < 4.78 is 5.61. The van der Waals surface area contributed by atoms with Gasteiger partial charge in [-0.05, 0) is 37.8 Å². The quantitative estimate of drug-likeness (QED) is 0.805. The van der Waals surface area contributed by atoms with E-state index in [0.717, 1.165) is 17.5 Å². The van der Waals surface area contributed by atoms with Crippen molar-refractivity contribution < 1.29 is 9.53 Å². The molecule has 3 N–H and O–H groups in total. The minimum absolute atomic E-state index is 0.0290. The summed E-state index contributed by atoms with van der Waals surface area (Å²) in [5, 5.41) is 2.85. The molecule has 0 fully saturated rings. The van der Waals surface area contributed by atoms with Crippen LogP contribution in [0.4, 0.5) is 0 Å². The molecule has 4 heteroatoms. The Kier molecular flexibility index (Phi) is 6.52. The van der Waals surface area contributed by atoms with Crippen molar-refractivity contribution in [2.45, 2.75) is 40.2 Å². The maximum absolute atomic E-state index is 11.7. The van der Waals surface area contributed by atoms with Gasteiger partial charge in [-0.15, -0.1) is 0 Å². The predicted octanol–water partition coefficient (Wildman–Crippen LogP) is 2.56. The van der Waals surface area contributed by atoms with Crippen LogP contribution in [0.3, 0.4) is 0 Å². The fourth-order valence-corrected chi connectivity index (χ4v) is 1.84. The second-order valence-corrected chi connectivity index (χ2v) is 5.65. The lowest BCUT2D eigenvalue weighted by Gasteiger charge is -2.15. The third-order valence-electron chi connectivity index (χ3n) is 3.06. The van der Waals surface area contributed by atoms with E-state index in [9.17, 15) is 4.79 Å². The molecule has 0 saturated heterocycles. The fraction of sp³-hybridized carbons (Fsp3) is 0.562. The highest BCUT2D eigenvalue weighted by Crippen LogP contribution is 2.24. The summed E-state index contributed by atoms with van der Waals surface area (Å²) in [7, 11) is 0. The van der Waals surface area contributed by atoms with E-state index in [0.29, 0.717) is 18.2 Å². The molecule has 0 radical (unpaired) electrons.